The molecule has 1 saturated carbocycles. The van der Waals surface area contributed by atoms with Crippen molar-refractivity contribution in [2.45, 2.75) is 44.3 Å². The van der Waals surface area contributed by atoms with Gasteiger partial charge in [0.05, 0.1) is 12.6 Å². The molecule has 136 valence electrons. The molecule has 2 saturated heterocycles. The Morgan fingerprint density at radius 2 is 2.00 bits per heavy atom. The van der Waals surface area contributed by atoms with E-state index in [1.54, 1.807) is 0 Å². The number of rotatable bonds is 4. The van der Waals surface area contributed by atoms with Crippen molar-refractivity contribution < 1.29 is 9.90 Å². The normalized spacial score (nSPS) is 32.1. The first-order chi connectivity index (χ1) is 12.2. The number of hydrogen-bond acceptors (Lipinski definition) is 3. The third kappa shape index (κ3) is 3.53. The minimum absolute atomic E-state index is 0.00959. The van der Waals surface area contributed by atoms with E-state index < -0.39 is 0 Å². The second-order valence-corrected chi connectivity index (χ2v) is 7.91. The molecule has 5 heteroatoms. The van der Waals surface area contributed by atoms with Gasteiger partial charge in [0.2, 0.25) is 0 Å². The van der Waals surface area contributed by atoms with E-state index in [1.165, 1.54) is 12.0 Å². The monoisotopic (exact) mass is 343 g/mol. The third-order valence-electron chi connectivity index (χ3n) is 6.34. The van der Waals surface area contributed by atoms with Crippen LogP contribution in [0.25, 0.3) is 0 Å². The fourth-order valence-corrected chi connectivity index (χ4v) is 5.04. The highest BCUT2D eigenvalue weighted by Gasteiger charge is 2.43. The molecule has 5 nitrogen and oxygen atoms in total. The zero-order valence-corrected chi connectivity index (χ0v) is 14.8. The predicted octanol–water partition coefficient (Wildman–Crippen LogP) is 2.06. The van der Waals surface area contributed by atoms with Crippen molar-refractivity contribution in [3.8, 4) is 0 Å². The lowest BCUT2D eigenvalue weighted by atomic mass is 9.98. The summed E-state index contributed by atoms with van der Waals surface area (Å²) in [5.41, 5.74) is 1.37. The van der Waals surface area contributed by atoms with E-state index in [9.17, 15) is 9.90 Å². The van der Waals surface area contributed by atoms with Crippen LogP contribution in [0.1, 0.15) is 31.2 Å². The van der Waals surface area contributed by atoms with E-state index >= 15 is 0 Å². The first-order valence-corrected chi connectivity index (χ1v) is 9.69. The van der Waals surface area contributed by atoms with Crippen molar-refractivity contribution in [3.63, 3.8) is 0 Å². The zero-order chi connectivity index (χ0) is 17.2. The Labute approximate surface area is 150 Å². The Balaban J connectivity index is 1.33. The Kier molecular flexibility index (Phi) is 4.95. The van der Waals surface area contributed by atoms with E-state index in [0.717, 1.165) is 45.4 Å². The standard InChI is InChI=1S/C20H29N3O2/c24-14-17-7-4-10-23(17)20(25)21-19-9-8-16-12-22(13-18(16)19)11-15-5-2-1-3-6-15/h1-3,5-6,16-19,24H,4,7-14H2,(H,21,25)/t16-,17+,18-,19-/m1/s1. The number of carbonyl (C=O) groups excluding carboxylic acids is 1. The molecular weight excluding hydrogens is 314 g/mol. The first-order valence-electron chi connectivity index (χ1n) is 9.69. The van der Waals surface area contributed by atoms with Gasteiger partial charge in [0, 0.05) is 32.2 Å². The van der Waals surface area contributed by atoms with E-state index in [0.29, 0.717) is 17.9 Å². The molecule has 0 bridgehead atoms. The Morgan fingerprint density at radius 3 is 2.80 bits per heavy atom. The van der Waals surface area contributed by atoms with Gasteiger partial charge in [-0.05, 0) is 43.1 Å². The molecule has 1 aliphatic carbocycles. The summed E-state index contributed by atoms with van der Waals surface area (Å²) in [6.45, 7) is 4.09. The highest BCUT2D eigenvalue weighted by Crippen LogP contribution is 2.38. The molecule has 25 heavy (non-hydrogen) atoms. The Morgan fingerprint density at radius 1 is 1.16 bits per heavy atom. The molecule has 0 unspecified atom stereocenters. The topological polar surface area (TPSA) is 55.8 Å². The van der Waals surface area contributed by atoms with Gasteiger partial charge in [0.1, 0.15) is 0 Å². The summed E-state index contributed by atoms with van der Waals surface area (Å²) in [6.07, 6.45) is 4.23. The number of carbonyl (C=O) groups is 1. The molecule has 3 fully saturated rings. The average Bonchev–Trinajstić information content (AvgIpc) is 3.32. The summed E-state index contributed by atoms with van der Waals surface area (Å²) in [7, 11) is 0. The number of nitrogens with one attached hydrogen (secondary N) is 1. The van der Waals surface area contributed by atoms with Crippen LogP contribution in [0, 0.1) is 11.8 Å². The van der Waals surface area contributed by atoms with Crippen LogP contribution in [0.2, 0.25) is 0 Å². The van der Waals surface area contributed by atoms with Crippen molar-refractivity contribution >= 4 is 6.03 Å². The van der Waals surface area contributed by atoms with Crippen molar-refractivity contribution in [3.05, 3.63) is 35.9 Å². The number of aliphatic hydroxyl groups excluding tert-OH is 1. The van der Waals surface area contributed by atoms with Crippen LogP contribution in [-0.4, -0.2) is 59.3 Å². The molecule has 2 heterocycles. The van der Waals surface area contributed by atoms with Crippen LogP contribution in [0.4, 0.5) is 4.79 Å². The van der Waals surface area contributed by atoms with Crippen molar-refractivity contribution in [1.82, 2.24) is 15.1 Å². The number of amides is 2. The molecule has 4 rings (SSSR count). The molecule has 1 aromatic rings. The Bertz CT molecular complexity index is 594. The van der Waals surface area contributed by atoms with Crippen LogP contribution < -0.4 is 5.32 Å². The second kappa shape index (κ2) is 7.34. The zero-order valence-electron chi connectivity index (χ0n) is 14.8. The Hall–Kier alpha value is -1.59. The van der Waals surface area contributed by atoms with Crippen LogP contribution in [0.5, 0.6) is 0 Å². The van der Waals surface area contributed by atoms with E-state index in [-0.39, 0.29) is 18.7 Å². The van der Waals surface area contributed by atoms with Crippen LogP contribution in [0.3, 0.4) is 0 Å². The maximum Gasteiger partial charge on any atom is 0.317 e. The summed E-state index contributed by atoms with van der Waals surface area (Å²) in [6, 6.07) is 11.0. The predicted molar refractivity (Wildman–Crippen MR) is 97.1 cm³/mol. The van der Waals surface area contributed by atoms with E-state index in [2.05, 4.69) is 40.5 Å². The highest BCUT2D eigenvalue weighted by molar-refractivity contribution is 5.75. The third-order valence-corrected chi connectivity index (χ3v) is 6.34. The molecule has 3 aliphatic rings. The lowest BCUT2D eigenvalue weighted by molar-refractivity contribution is 0.152. The number of aliphatic hydroxyl groups is 1. The van der Waals surface area contributed by atoms with Gasteiger partial charge >= 0.3 is 6.03 Å². The van der Waals surface area contributed by atoms with Gasteiger partial charge in [-0.25, -0.2) is 4.79 Å². The quantitative estimate of drug-likeness (QED) is 0.880. The van der Waals surface area contributed by atoms with Crippen LogP contribution >= 0.6 is 0 Å². The first kappa shape index (κ1) is 16.9. The van der Waals surface area contributed by atoms with Gasteiger partial charge in [-0.3, -0.25) is 4.90 Å². The number of benzene rings is 1. The molecule has 0 aromatic heterocycles. The molecule has 4 atom stereocenters. The summed E-state index contributed by atoms with van der Waals surface area (Å²) in [5, 5.41) is 12.7. The number of urea groups is 1. The lowest BCUT2D eigenvalue weighted by Gasteiger charge is -2.28. The van der Waals surface area contributed by atoms with Gasteiger partial charge in [-0.15, -0.1) is 0 Å². The minimum Gasteiger partial charge on any atom is -0.394 e. The maximum absolute atomic E-state index is 12.6. The number of fused-ring (bicyclic) bond motifs is 1. The molecule has 2 aliphatic heterocycles. The lowest BCUT2D eigenvalue weighted by Crippen LogP contribution is -2.49. The van der Waals surface area contributed by atoms with Gasteiger partial charge < -0.3 is 15.3 Å². The van der Waals surface area contributed by atoms with Crippen molar-refractivity contribution in [2.24, 2.45) is 11.8 Å². The van der Waals surface area contributed by atoms with E-state index in [1.807, 2.05) is 4.90 Å². The molecular formula is C20H29N3O2. The number of hydrogen-bond donors (Lipinski definition) is 2. The molecule has 0 radical (unpaired) electrons. The fourth-order valence-electron chi connectivity index (χ4n) is 5.04. The van der Waals surface area contributed by atoms with Crippen molar-refractivity contribution in [2.75, 3.05) is 26.2 Å². The van der Waals surface area contributed by atoms with Crippen molar-refractivity contribution in [1.29, 1.82) is 0 Å². The number of likely N-dealkylation sites (tertiary alicyclic amines) is 2. The SMILES string of the molecule is O=C(N[C@@H]1CC[C@@H]2CN(Cc3ccccc3)C[C@H]21)N1CCC[C@H]1CO. The fraction of sp³-hybridized carbons (Fsp3) is 0.650. The van der Waals surface area contributed by atoms with Gasteiger partial charge in [0.15, 0.2) is 0 Å². The highest BCUT2D eigenvalue weighted by atomic mass is 16.3. The molecule has 0 spiro atoms. The maximum atomic E-state index is 12.6. The van der Waals surface area contributed by atoms with Crippen LogP contribution in [-0.2, 0) is 6.54 Å². The summed E-state index contributed by atoms with van der Waals surface area (Å²) >= 11 is 0. The minimum atomic E-state index is 0.00959. The van der Waals surface area contributed by atoms with Gasteiger partial charge in [-0.1, -0.05) is 30.3 Å². The van der Waals surface area contributed by atoms with Crippen LogP contribution in [0.15, 0.2) is 30.3 Å². The average molecular weight is 343 g/mol. The smallest absolute Gasteiger partial charge is 0.317 e. The molecule has 2 amide bonds. The summed E-state index contributed by atoms with van der Waals surface area (Å²) < 4.78 is 0. The largest absolute Gasteiger partial charge is 0.394 e. The summed E-state index contributed by atoms with van der Waals surface area (Å²) in [4.78, 5) is 17.0. The van der Waals surface area contributed by atoms with Gasteiger partial charge in [0.25, 0.3) is 0 Å². The van der Waals surface area contributed by atoms with E-state index in [4.69, 9.17) is 0 Å². The summed E-state index contributed by atoms with van der Waals surface area (Å²) in [5.74, 6) is 1.28. The second-order valence-electron chi connectivity index (χ2n) is 7.91. The molecule has 2 N–H and O–H groups in total. The molecule has 1 aromatic carbocycles. The number of nitrogens with zero attached hydrogens (tertiary/aromatic N) is 2. The van der Waals surface area contributed by atoms with Gasteiger partial charge in [-0.2, -0.15) is 0 Å².